The summed E-state index contributed by atoms with van der Waals surface area (Å²) in [5, 5.41) is 68.4. The minimum atomic E-state index is -1.69. The molecule has 0 radical (unpaired) electrons. The highest BCUT2D eigenvalue weighted by atomic mass is 16.7. The molecule has 0 aromatic heterocycles. The molecule has 2 rings (SSSR count). The second-order valence-corrected chi connectivity index (χ2v) is 5.96. The topological polar surface area (TPSA) is 179 Å². The molecule has 25 heavy (non-hydrogen) atoms. The maximum Gasteiger partial charge on any atom is 0.187 e. The van der Waals surface area contributed by atoms with E-state index in [1.807, 2.05) is 0 Å². The van der Waals surface area contributed by atoms with Crippen molar-refractivity contribution in [1.29, 1.82) is 0 Å². The van der Waals surface area contributed by atoms with Gasteiger partial charge in [-0.05, 0) is 6.92 Å². The smallest absolute Gasteiger partial charge is 0.187 e. The van der Waals surface area contributed by atoms with Gasteiger partial charge in [0.1, 0.15) is 48.8 Å². The van der Waals surface area contributed by atoms with Gasteiger partial charge in [-0.2, -0.15) is 0 Å². The Morgan fingerprint density at radius 2 is 1.28 bits per heavy atom. The molecule has 2 aliphatic heterocycles. The van der Waals surface area contributed by atoms with Gasteiger partial charge in [-0.25, -0.2) is 0 Å². The first-order chi connectivity index (χ1) is 11.8. The van der Waals surface area contributed by atoms with E-state index in [1.165, 1.54) is 0 Å². The standard InChI is InChI=1S/C14H26O11/c1-2-22-13-11(21)9(19)12(6(4-16)24-13)25-14-10(20)8(18)7(17)5(3-15)23-14/h5-21H,2-4H2,1H3/t5?,6?,7-,8-,9+,10?,11?,12+,13+,14-/m0/s1. The summed E-state index contributed by atoms with van der Waals surface area (Å²) in [6.07, 6.45) is -14.3. The van der Waals surface area contributed by atoms with Crippen molar-refractivity contribution in [1.82, 2.24) is 0 Å². The summed E-state index contributed by atoms with van der Waals surface area (Å²) in [5.74, 6) is 0. The summed E-state index contributed by atoms with van der Waals surface area (Å²) < 4.78 is 21.1. The van der Waals surface area contributed by atoms with Crippen LogP contribution in [0.5, 0.6) is 0 Å². The molecule has 11 heteroatoms. The highest BCUT2D eigenvalue weighted by molar-refractivity contribution is 4.93. The molecule has 7 N–H and O–H groups in total. The molecule has 4 unspecified atom stereocenters. The van der Waals surface area contributed by atoms with E-state index in [2.05, 4.69) is 0 Å². The number of aliphatic hydroxyl groups excluding tert-OH is 7. The molecule has 0 aliphatic carbocycles. The maximum atomic E-state index is 10.2. The molecule has 0 spiro atoms. The maximum absolute atomic E-state index is 10.2. The quantitative estimate of drug-likeness (QED) is 0.240. The predicted octanol–water partition coefficient (Wildman–Crippen LogP) is -4.35. The van der Waals surface area contributed by atoms with E-state index in [-0.39, 0.29) is 6.61 Å². The van der Waals surface area contributed by atoms with Crippen molar-refractivity contribution in [3.8, 4) is 0 Å². The van der Waals surface area contributed by atoms with Crippen LogP contribution in [0.2, 0.25) is 0 Å². The van der Waals surface area contributed by atoms with Gasteiger partial charge in [0.25, 0.3) is 0 Å². The van der Waals surface area contributed by atoms with Gasteiger partial charge in [0.15, 0.2) is 12.6 Å². The monoisotopic (exact) mass is 370 g/mol. The lowest BCUT2D eigenvalue weighted by Gasteiger charge is -2.45. The normalized spacial score (nSPS) is 48.5. The van der Waals surface area contributed by atoms with E-state index >= 15 is 0 Å². The van der Waals surface area contributed by atoms with Crippen LogP contribution in [-0.4, -0.2) is 117 Å². The van der Waals surface area contributed by atoms with E-state index in [4.69, 9.17) is 18.9 Å². The largest absolute Gasteiger partial charge is 0.394 e. The van der Waals surface area contributed by atoms with Gasteiger partial charge in [-0.15, -0.1) is 0 Å². The lowest BCUT2D eigenvalue weighted by molar-refractivity contribution is -0.359. The fourth-order valence-electron chi connectivity index (χ4n) is 2.86. The fraction of sp³-hybridized carbons (Fsp3) is 1.00. The Morgan fingerprint density at radius 3 is 1.84 bits per heavy atom. The Bertz CT molecular complexity index is 406. The predicted molar refractivity (Wildman–Crippen MR) is 78.0 cm³/mol. The van der Waals surface area contributed by atoms with E-state index in [0.717, 1.165) is 0 Å². The molecular weight excluding hydrogens is 344 g/mol. The van der Waals surface area contributed by atoms with Gasteiger partial charge in [-0.1, -0.05) is 0 Å². The number of hydrogen-bond donors (Lipinski definition) is 7. The third kappa shape index (κ3) is 4.28. The van der Waals surface area contributed by atoms with Crippen molar-refractivity contribution in [3.05, 3.63) is 0 Å². The number of rotatable bonds is 6. The van der Waals surface area contributed by atoms with Crippen LogP contribution in [0.15, 0.2) is 0 Å². The molecule has 0 bridgehead atoms. The summed E-state index contributed by atoms with van der Waals surface area (Å²) >= 11 is 0. The highest BCUT2D eigenvalue weighted by Gasteiger charge is 2.50. The van der Waals surface area contributed by atoms with Crippen LogP contribution in [0, 0.1) is 0 Å². The van der Waals surface area contributed by atoms with Crippen molar-refractivity contribution >= 4 is 0 Å². The summed E-state index contributed by atoms with van der Waals surface area (Å²) in [6.45, 7) is 0.625. The molecule has 0 aromatic rings. The van der Waals surface area contributed by atoms with Crippen LogP contribution in [-0.2, 0) is 18.9 Å². The summed E-state index contributed by atoms with van der Waals surface area (Å²) in [6, 6.07) is 0. The average Bonchev–Trinajstić information content (AvgIpc) is 2.61. The van der Waals surface area contributed by atoms with Crippen LogP contribution in [0.3, 0.4) is 0 Å². The molecule has 2 saturated heterocycles. The SMILES string of the molecule is CCO[C@@H]1OC(CO)[C@@H](O[C@@H]2OC(CO)[C@H](O)[C@H](O)C2O)[C@H](O)C1O. The van der Waals surface area contributed by atoms with Crippen LogP contribution in [0.4, 0.5) is 0 Å². The molecule has 148 valence electrons. The Kier molecular flexibility index (Phi) is 7.49. The van der Waals surface area contributed by atoms with Crippen molar-refractivity contribution in [2.24, 2.45) is 0 Å². The van der Waals surface area contributed by atoms with Gasteiger partial charge >= 0.3 is 0 Å². The first-order valence-electron chi connectivity index (χ1n) is 8.05. The zero-order chi connectivity index (χ0) is 18.7. The minimum Gasteiger partial charge on any atom is -0.394 e. The summed E-state index contributed by atoms with van der Waals surface area (Å²) in [5.41, 5.74) is 0. The lowest BCUT2D eigenvalue weighted by Crippen LogP contribution is -2.64. The lowest BCUT2D eigenvalue weighted by atomic mass is 9.97. The van der Waals surface area contributed by atoms with Crippen molar-refractivity contribution in [2.45, 2.75) is 68.3 Å². The van der Waals surface area contributed by atoms with Crippen molar-refractivity contribution in [2.75, 3.05) is 19.8 Å². The molecular formula is C14H26O11. The number of ether oxygens (including phenoxy) is 4. The molecule has 0 amide bonds. The minimum absolute atomic E-state index is 0.199. The average molecular weight is 370 g/mol. The number of aliphatic hydroxyl groups is 7. The Labute approximate surface area is 143 Å². The van der Waals surface area contributed by atoms with Gasteiger partial charge in [0, 0.05) is 6.61 Å². The van der Waals surface area contributed by atoms with Crippen molar-refractivity contribution < 1.29 is 54.7 Å². The van der Waals surface area contributed by atoms with E-state index in [9.17, 15) is 35.7 Å². The van der Waals surface area contributed by atoms with E-state index < -0.39 is 74.6 Å². The fourth-order valence-corrected chi connectivity index (χ4v) is 2.86. The zero-order valence-corrected chi connectivity index (χ0v) is 13.7. The van der Waals surface area contributed by atoms with Crippen LogP contribution >= 0.6 is 0 Å². The molecule has 10 atom stereocenters. The van der Waals surface area contributed by atoms with Gasteiger partial charge in [-0.3, -0.25) is 0 Å². The molecule has 2 heterocycles. The van der Waals surface area contributed by atoms with E-state index in [1.54, 1.807) is 6.92 Å². The second kappa shape index (κ2) is 8.97. The van der Waals surface area contributed by atoms with Crippen LogP contribution < -0.4 is 0 Å². The van der Waals surface area contributed by atoms with Gasteiger partial charge in [0.05, 0.1) is 13.2 Å². The third-order valence-electron chi connectivity index (χ3n) is 4.29. The Hall–Kier alpha value is -0.440. The Morgan fingerprint density at radius 1 is 0.720 bits per heavy atom. The molecule has 11 nitrogen and oxygen atoms in total. The first-order valence-corrected chi connectivity index (χ1v) is 8.05. The summed E-state index contributed by atoms with van der Waals surface area (Å²) in [7, 11) is 0. The molecule has 2 aliphatic rings. The highest BCUT2D eigenvalue weighted by Crippen LogP contribution is 2.29. The second-order valence-electron chi connectivity index (χ2n) is 5.96. The first kappa shape index (κ1) is 20.9. The van der Waals surface area contributed by atoms with Crippen LogP contribution in [0.1, 0.15) is 6.92 Å². The van der Waals surface area contributed by atoms with Crippen LogP contribution in [0.25, 0.3) is 0 Å². The molecule has 0 aromatic carbocycles. The molecule has 2 fully saturated rings. The van der Waals surface area contributed by atoms with Gasteiger partial charge < -0.3 is 54.7 Å². The van der Waals surface area contributed by atoms with E-state index in [0.29, 0.717) is 0 Å². The van der Waals surface area contributed by atoms with Crippen molar-refractivity contribution in [3.63, 3.8) is 0 Å². The summed E-state index contributed by atoms with van der Waals surface area (Å²) in [4.78, 5) is 0. The zero-order valence-electron chi connectivity index (χ0n) is 13.7. The van der Waals surface area contributed by atoms with Gasteiger partial charge in [0.2, 0.25) is 0 Å². The third-order valence-corrected chi connectivity index (χ3v) is 4.29. The Balaban J connectivity index is 2.11. The number of hydrogen-bond acceptors (Lipinski definition) is 11. The molecule has 0 saturated carbocycles.